The number of ketones is 1. The summed E-state index contributed by atoms with van der Waals surface area (Å²) in [6.45, 7) is -0.281. The van der Waals surface area contributed by atoms with Crippen molar-refractivity contribution in [3.05, 3.63) is 71.3 Å². The lowest BCUT2D eigenvalue weighted by Crippen LogP contribution is -2.36. The molecule has 0 aliphatic rings. The highest BCUT2D eigenvalue weighted by atomic mass is 19.4. The molecule has 0 aromatic heterocycles. The molecular formula is C17H14F3NO2. The zero-order chi connectivity index (χ0) is 16.9. The van der Waals surface area contributed by atoms with Crippen molar-refractivity contribution < 1.29 is 22.8 Å². The minimum Gasteiger partial charge on any atom is -0.344 e. The molecule has 1 N–H and O–H groups in total. The Labute approximate surface area is 131 Å². The number of Topliss-reactive ketones (excluding diaryl/α,β-unsaturated/α-hetero) is 1. The van der Waals surface area contributed by atoms with Crippen LogP contribution in [0.3, 0.4) is 0 Å². The molecular weight excluding hydrogens is 307 g/mol. The van der Waals surface area contributed by atoms with Gasteiger partial charge in [-0.2, -0.15) is 13.2 Å². The van der Waals surface area contributed by atoms with Crippen LogP contribution < -0.4 is 5.32 Å². The summed E-state index contributed by atoms with van der Waals surface area (Å²) in [5.74, 6) is -2.14. The van der Waals surface area contributed by atoms with E-state index in [1.165, 1.54) is 0 Å². The Balaban J connectivity index is 2.09. The predicted molar refractivity (Wildman–Crippen MR) is 78.8 cm³/mol. The molecule has 3 nitrogen and oxygen atoms in total. The van der Waals surface area contributed by atoms with E-state index in [0.29, 0.717) is 16.7 Å². The van der Waals surface area contributed by atoms with Crippen molar-refractivity contribution >= 4 is 11.7 Å². The lowest BCUT2D eigenvalue weighted by atomic mass is 9.99. The van der Waals surface area contributed by atoms with E-state index in [0.717, 1.165) is 0 Å². The fourth-order valence-corrected chi connectivity index (χ4v) is 2.08. The van der Waals surface area contributed by atoms with Gasteiger partial charge in [0.2, 0.25) is 0 Å². The number of hydrogen-bond acceptors (Lipinski definition) is 2. The van der Waals surface area contributed by atoms with Gasteiger partial charge < -0.3 is 5.32 Å². The Morgan fingerprint density at radius 3 is 2.04 bits per heavy atom. The van der Waals surface area contributed by atoms with Gasteiger partial charge in [-0.15, -0.1) is 0 Å². The first-order valence-corrected chi connectivity index (χ1v) is 6.88. The Morgan fingerprint density at radius 1 is 0.870 bits per heavy atom. The number of nitrogens with one attached hydrogen (secondary N) is 1. The molecule has 23 heavy (non-hydrogen) atoms. The smallest absolute Gasteiger partial charge is 0.344 e. The average Bonchev–Trinajstić information content (AvgIpc) is 2.53. The zero-order valence-corrected chi connectivity index (χ0v) is 12.1. The van der Waals surface area contributed by atoms with E-state index in [-0.39, 0.29) is 18.7 Å². The second-order valence-electron chi connectivity index (χ2n) is 4.92. The van der Waals surface area contributed by atoms with Crippen LogP contribution in [-0.4, -0.2) is 17.9 Å². The van der Waals surface area contributed by atoms with Crippen molar-refractivity contribution in [1.29, 1.82) is 0 Å². The Bertz CT molecular complexity index is 696. The summed E-state index contributed by atoms with van der Waals surface area (Å²) in [6.07, 6.45) is -4.86. The first-order valence-electron chi connectivity index (χ1n) is 6.88. The average molecular weight is 321 g/mol. The van der Waals surface area contributed by atoms with Gasteiger partial charge in [-0.25, -0.2) is 0 Å². The molecule has 1 amide bonds. The fourth-order valence-electron chi connectivity index (χ4n) is 2.08. The normalized spacial score (nSPS) is 11.1. The van der Waals surface area contributed by atoms with E-state index in [4.69, 9.17) is 0 Å². The van der Waals surface area contributed by atoms with Gasteiger partial charge in [0.05, 0.1) is 0 Å². The van der Waals surface area contributed by atoms with Crippen LogP contribution in [0, 0.1) is 0 Å². The predicted octanol–water partition coefficient (Wildman–Crippen LogP) is 3.29. The van der Waals surface area contributed by atoms with Crippen LogP contribution in [0.15, 0.2) is 54.6 Å². The van der Waals surface area contributed by atoms with E-state index in [2.05, 4.69) is 0 Å². The zero-order valence-electron chi connectivity index (χ0n) is 12.1. The minimum atomic E-state index is -4.92. The molecule has 0 aliphatic heterocycles. The monoisotopic (exact) mass is 321 g/mol. The first-order chi connectivity index (χ1) is 10.9. The summed E-state index contributed by atoms with van der Waals surface area (Å²) in [5.41, 5.74) is 1.60. The molecule has 2 rings (SSSR count). The molecule has 0 heterocycles. The van der Waals surface area contributed by atoms with Crippen molar-refractivity contribution in [2.24, 2.45) is 0 Å². The largest absolute Gasteiger partial charge is 0.471 e. The third-order valence-electron chi connectivity index (χ3n) is 3.26. The quantitative estimate of drug-likeness (QED) is 0.859. The number of hydrogen-bond donors (Lipinski definition) is 1. The van der Waals surface area contributed by atoms with E-state index in [1.807, 2.05) is 5.32 Å². The summed E-state index contributed by atoms with van der Waals surface area (Å²) < 4.78 is 36.7. The number of carbonyl (C=O) groups is 2. The first kappa shape index (κ1) is 16.7. The fraction of sp³-hybridized carbons (Fsp3) is 0.176. The summed E-state index contributed by atoms with van der Waals surface area (Å²) in [4.78, 5) is 23.1. The molecule has 0 unspecified atom stereocenters. The van der Waals surface area contributed by atoms with Crippen LogP contribution in [0.5, 0.6) is 0 Å². The van der Waals surface area contributed by atoms with Crippen LogP contribution >= 0.6 is 0 Å². The molecule has 0 aliphatic carbocycles. The Kier molecular flexibility index (Phi) is 5.16. The van der Waals surface area contributed by atoms with Gasteiger partial charge >= 0.3 is 12.1 Å². The third kappa shape index (κ3) is 4.67. The highest BCUT2D eigenvalue weighted by molar-refractivity contribution is 5.97. The number of halogens is 3. The van der Waals surface area contributed by atoms with Crippen LogP contribution in [0.4, 0.5) is 13.2 Å². The van der Waals surface area contributed by atoms with Gasteiger partial charge in [0, 0.05) is 18.5 Å². The van der Waals surface area contributed by atoms with Crippen LogP contribution in [0.2, 0.25) is 0 Å². The molecule has 120 valence electrons. The van der Waals surface area contributed by atoms with Gasteiger partial charge in [-0.3, -0.25) is 9.59 Å². The number of alkyl halides is 3. The van der Waals surface area contributed by atoms with E-state index >= 15 is 0 Å². The second-order valence-corrected chi connectivity index (χ2v) is 4.92. The number of benzene rings is 2. The molecule has 0 spiro atoms. The maximum absolute atomic E-state index is 12.2. The SMILES string of the molecule is O=C(Cc1ccccc1CNC(=O)C(F)(F)F)c1ccccc1. The van der Waals surface area contributed by atoms with Gasteiger partial charge in [-0.05, 0) is 11.1 Å². The standard InChI is InChI=1S/C17H14F3NO2/c18-17(19,20)16(23)21-11-14-9-5-4-8-13(14)10-15(22)12-6-2-1-3-7-12/h1-9H,10-11H2,(H,21,23). The highest BCUT2D eigenvalue weighted by Crippen LogP contribution is 2.16. The van der Waals surface area contributed by atoms with Crippen molar-refractivity contribution in [2.45, 2.75) is 19.1 Å². The Hall–Kier alpha value is -2.63. The third-order valence-corrected chi connectivity index (χ3v) is 3.26. The number of amides is 1. The van der Waals surface area contributed by atoms with Crippen molar-refractivity contribution in [1.82, 2.24) is 5.32 Å². The molecule has 2 aromatic carbocycles. The van der Waals surface area contributed by atoms with E-state index in [1.54, 1.807) is 54.6 Å². The van der Waals surface area contributed by atoms with Gasteiger partial charge in [0.25, 0.3) is 0 Å². The van der Waals surface area contributed by atoms with Gasteiger partial charge in [0.1, 0.15) is 0 Å². The molecule has 0 radical (unpaired) electrons. The summed E-state index contributed by atoms with van der Waals surface area (Å²) in [7, 11) is 0. The van der Waals surface area contributed by atoms with Crippen LogP contribution in [-0.2, 0) is 17.8 Å². The van der Waals surface area contributed by atoms with Crippen molar-refractivity contribution in [2.75, 3.05) is 0 Å². The summed E-state index contributed by atoms with van der Waals surface area (Å²) >= 11 is 0. The molecule has 0 bridgehead atoms. The summed E-state index contributed by atoms with van der Waals surface area (Å²) in [6, 6.07) is 15.2. The molecule has 0 saturated heterocycles. The molecule has 2 aromatic rings. The topological polar surface area (TPSA) is 46.2 Å². The number of rotatable bonds is 5. The van der Waals surface area contributed by atoms with Crippen LogP contribution in [0.1, 0.15) is 21.5 Å². The van der Waals surface area contributed by atoms with E-state index in [9.17, 15) is 22.8 Å². The maximum Gasteiger partial charge on any atom is 0.471 e. The second kappa shape index (κ2) is 7.09. The van der Waals surface area contributed by atoms with Gasteiger partial charge in [-0.1, -0.05) is 54.6 Å². The van der Waals surface area contributed by atoms with E-state index < -0.39 is 12.1 Å². The minimum absolute atomic E-state index is 0.0576. The lowest BCUT2D eigenvalue weighted by molar-refractivity contribution is -0.173. The summed E-state index contributed by atoms with van der Waals surface area (Å²) in [5, 5.41) is 1.82. The molecule has 0 saturated carbocycles. The van der Waals surface area contributed by atoms with Crippen molar-refractivity contribution in [3.63, 3.8) is 0 Å². The van der Waals surface area contributed by atoms with Crippen LogP contribution in [0.25, 0.3) is 0 Å². The molecule has 0 atom stereocenters. The van der Waals surface area contributed by atoms with Gasteiger partial charge in [0.15, 0.2) is 5.78 Å². The number of carbonyl (C=O) groups excluding carboxylic acids is 2. The highest BCUT2D eigenvalue weighted by Gasteiger charge is 2.38. The van der Waals surface area contributed by atoms with Crippen molar-refractivity contribution in [3.8, 4) is 0 Å². The molecule has 0 fully saturated rings. The maximum atomic E-state index is 12.2. The Morgan fingerprint density at radius 2 is 1.43 bits per heavy atom. The lowest BCUT2D eigenvalue weighted by Gasteiger charge is -2.11. The molecule has 6 heteroatoms.